The maximum Gasteiger partial charge on any atom is 0.229 e. The average Bonchev–Trinajstić information content (AvgIpc) is 3.25. The van der Waals surface area contributed by atoms with Gasteiger partial charge in [-0.15, -0.1) is 0 Å². The minimum atomic E-state index is -1.99. The fourth-order valence-electron chi connectivity index (χ4n) is 4.06. The highest BCUT2D eigenvalue weighted by molar-refractivity contribution is 5.77. The number of halogens is 1. The number of alkyl halides is 1. The van der Waals surface area contributed by atoms with Crippen LogP contribution in [0, 0.1) is 6.92 Å². The number of fused-ring (bicyclic) bond motifs is 1. The lowest BCUT2D eigenvalue weighted by Gasteiger charge is -2.38. The second-order valence-corrected chi connectivity index (χ2v) is 8.31. The average molecular weight is 462 g/mol. The molecule has 5 N–H and O–H groups in total. The van der Waals surface area contributed by atoms with E-state index in [4.69, 9.17) is 13.9 Å². The molecular formula is C24H27FO8. The van der Waals surface area contributed by atoms with Crippen molar-refractivity contribution in [3.63, 3.8) is 0 Å². The Morgan fingerprint density at radius 2 is 1.91 bits per heavy atom. The quantitative estimate of drug-likeness (QED) is 0.361. The Hall–Kier alpha value is -2.69. The van der Waals surface area contributed by atoms with Gasteiger partial charge in [-0.05, 0) is 61.2 Å². The van der Waals surface area contributed by atoms with E-state index in [0.29, 0.717) is 12.0 Å². The van der Waals surface area contributed by atoms with Gasteiger partial charge in [0.25, 0.3) is 0 Å². The predicted molar refractivity (Wildman–Crippen MR) is 116 cm³/mol. The second-order valence-electron chi connectivity index (χ2n) is 8.31. The molecule has 6 unspecified atom stereocenters. The van der Waals surface area contributed by atoms with Gasteiger partial charge in [0.05, 0.1) is 24.5 Å². The van der Waals surface area contributed by atoms with Crippen molar-refractivity contribution in [1.82, 2.24) is 0 Å². The van der Waals surface area contributed by atoms with Crippen molar-refractivity contribution in [3.05, 3.63) is 59.4 Å². The number of rotatable bonds is 7. The van der Waals surface area contributed by atoms with E-state index in [1.807, 2.05) is 24.3 Å². The highest BCUT2D eigenvalue weighted by Crippen LogP contribution is 2.39. The first-order valence-corrected chi connectivity index (χ1v) is 10.7. The van der Waals surface area contributed by atoms with Gasteiger partial charge in [-0.3, -0.25) is 0 Å². The number of benzene rings is 2. The third-order valence-corrected chi connectivity index (χ3v) is 5.86. The third kappa shape index (κ3) is 4.83. The van der Waals surface area contributed by atoms with Crippen LogP contribution in [0.5, 0.6) is 11.5 Å². The molecule has 1 saturated heterocycles. The number of aromatic hydroxyl groups is 1. The first-order valence-electron chi connectivity index (χ1n) is 10.7. The summed E-state index contributed by atoms with van der Waals surface area (Å²) < 4.78 is 30.3. The van der Waals surface area contributed by atoms with Crippen LogP contribution in [-0.2, 0) is 11.2 Å². The summed E-state index contributed by atoms with van der Waals surface area (Å²) >= 11 is 0. The summed E-state index contributed by atoms with van der Waals surface area (Å²) in [5.74, 6) is -0.189. The van der Waals surface area contributed by atoms with E-state index in [0.717, 1.165) is 16.5 Å². The highest BCUT2D eigenvalue weighted by Gasteiger charge is 2.46. The molecule has 4 rings (SSSR count). The van der Waals surface area contributed by atoms with E-state index in [1.54, 1.807) is 13.2 Å². The van der Waals surface area contributed by atoms with Crippen LogP contribution in [0.25, 0.3) is 11.0 Å². The van der Waals surface area contributed by atoms with Crippen LogP contribution < -0.4 is 4.74 Å². The first kappa shape index (κ1) is 23.5. The molecular weight excluding hydrogens is 435 g/mol. The van der Waals surface area contributed by atoms with Crippen LogP contribution in [0.1, 0.15) is 29.2 Å². The van der Waals surface area contributed by atoms with Crippen LogP contribution in [-0.4, -0.2) is 62.9 Å². The summed E-state index contributed by atoms with van der Waals surface area (Å²) in [6, 6.07) is 10.5. The van der Waals surface area contributed by atoms with Gasteiger partial charge in [0, 0.05) is 5.39 Å². The fraction of sp³-hybridized carbons (Fsp3) is 0.417. The molecule has 1 aromatic heterocycles. The molecule has 178 valence electrons. The lowest BCUT2D eigenvalue weighted by Crippen LogP contribution is -2.58. The molecule has 9 heteroatoms. The van der Waals surface area contributed by atoms with Crippen LogP contribution in [0.3, 0.4) is 0 Å². The van der Waals surface area contributed by atoms with Crippen LogP contribution >= 0.6 is 0 Å². The van der Waals surface area contributed by atoms with E-state index >= 15 is 0 Å². The second kappa shape index (κ2) is 9.66. The topological polar surface area (TPSA) is 133 Å². The van der Waals surface area contributed by atoms with Crippen molar-refractivity contribution < 1.29 is 43.8 Å². The number of phenols is 1. The summed E-state index contributed by atoms with van der Waals surface area (Å²) in [6.45, 7) is 0.977. The number of aryl methyl sites for hydroxylation is 2. The van der Waals surface area contributed by atoms with Crippen molar-refractivity contribution in [2.24, 2.45) is 0 Å². The van der Waals surface area contributed by atoms with E-state index in [2.05, 4.69) is 0 Å². The molecule has 3 aromatic rings. The number of phenolic OH excluding ortho intramolecular Hbond substituents is 1. The number of hydrogen-bond donors (Lipinski definition) is 5. The van der Waals surface area contributed by atoms with Crippen molar-refractivity contribution in [1.29, 1.82) is 0 Å². The van der Waals surface area contributed by atoms with Crippen molar-refractivity contribution in [3.8, 4) is 11.5 Å². The normalized spacial score (nSPS) is 26.4. The largest absolute Gasteiger partial charge is 0.507 e. The van der Waals surface area contributed by atoms with Crippen LogP contribution in [0.2, 0.25) is 0 Å². The summed E-state index contributed by atoms with van der Waals surface area (Å²) in [4.78, 5) is 0. The van der Waals surface area contributed by atoms with Crippen LogP contribution in [0.15, 0.2) is 47.1 Å². The van der Waals surface area contributed by atoms with Crippen molar-refractivity contribution in [2.75, 3.05) is 6.61 Å². The number of furan rings is 1. The molecule has 2 heterocycles. The Kier molecular flexibility index (Phi) is 6.87. The number of hydrogen-bond acceptors (Lipinski definition) is 8. The minimum absolute atomic E-state index is 0.0236. The standard InChI is InChI=1S/C24H27FO8/c1-12-8-16(28)20(15(27)4-2-13-3-5-17-14(10-13)6-7-31-17)18(9-12)32-24-23(30)22(29)21(25)19(11-26)33-24/h3,5-10,15,19,21-24,26-30H,2,4,11H2,1H3. The maximum atomic E-state index is 14.0. The summed E-state index contributed by atoms with van der Waals surface area (Å²) in [5, 5.41) is 51.8. The maximum absolute atomic E-state index is 14.0. The molecule has 8 nitrogen and oxygen atoms in total. The van der Waals surface area contributed by atoms with E-state index in [-0.39, 0.29) is 23.5 Å². The number of ether oxygens (including phenoxy) is 2. The van der Waals surface area contributed by atoms with E-state index < -0.39 is 43.5 Å². The minimum Gasteiger partial charge on any atom is -0.507 e. The zero-order chi connectivity index (χ0) is 23.7. The van der Waals surface area contributed by atoms with Gasteiger partial charge in [-0.25, -0.2) is 4.39 Å². The fourth-order valence-corrected chi connectivity index (χ4v) is 4.06. The lowest BCUT2D eigenvalue weighted by molar-refractivity contribution is -0.265. The molecule has 2 aromatic carbocycles. The zero-order valence-electron chi connectivity index (χ0n) is 18.0. The predicted octanol–water partition coefficient (Wildman–Crippen LogP) is 2.27. The molecule has 0 radical (unpaired) electrons. The molecule has 0 aliphatic carbocycles. The summed E-state index contributed by atoms with van der Waals surface area (Å²) in [5.41, 5.74) is 2.41. The Bertz CT molecular complexity index is 1100. The van der Waals surface area contributed by atoms with Gasteiger partial charge in [0.15, 0.2) is 6.17 Å². The highest BCUT2D eigenvalue weighted by atomic mass is 19.1. The monoisotopic (exact) mass is 462 g/mol. The molecule has 33 heavy (non-hydrogen) atoms. The molecule has 0 bridgehead atoms. The van der Waals surface area contributed by atoms with E-state index in [1.165, 1.54) is 12.1 Å². The third-order valence-electron chi connectivity index (χ3n) is 5.86. The Morgan fingerprint density at radius 3 is 2.67 bits per heavy atom. The molecule has 0 saturated carbocycles. The Balaban J connectivity index is 1.54. The van der Waals surface area contributed by atoms with E-state index in [9.17, 15) is 29.9 Å². The molecule has 6 atom stereocenters. The summed E-state index contributed by atoms with van der Waals surface area (Å²) in [7, 11) is 0. The van der Waals surface area contributed by atoms with Gasteiger partial charge in [0.1, 0.15) is 35.4 Å². The van der Waals surface area contributed by atoms with Crippen molar-refractivity contribution in [2.45, 2.75) is 56.6 Å². The number of aliphatic hydroxyl groups is 4. The van der Waals surface area contributed by atoms with Gasteiger partial charge >= 0.3 is 0 Å². The van der Waals surface area contributed by atoms with Crippen LogP contribution in [0.4, 0.5) is 4.39 Å². The molecule has 0 amide bonds. The summed E-state index contributed by atoms with van der Waals surface area (Å²) in [6.07, 6.45) is -7.25. The Morgan fingerprint density at radius 1 is 1.12 bits per heavy atom. The Labute approximate surface area is 189 Å². The molecule has 1 aliphatic heterocycles. The molecule has 1 aliphatic rings. The van der Waals surface area contributed by atoms with Gasteiger partial charge < -0.3 is 39.4 Å². The lowest BCUT2D eigenvalue weighted by atomic mass is 9.97. The SMILES string of the molecule is Cc1cc(O)c(C(O)CCc2ccc3occc3c2)c(OC2OC(CO)C(F)C(O)C2O)c1. The number of aliphatic hydroxyl groups excluding tert-OH is 4. The molecule has 1 fully saturated rings. The van der Waals surface area contributed by atoms with Crippen molar-refractivity contribution >= 4 is 11.0 Å². The van der Waals surface area contributed by atoms with Gasteiger partial charge in [-0.1, -0.05) is 6.07 Å². The van der Waals surface area contributed by atoms with Gasteiger partial charge in [0.2, 0.25) is 6.29 Å². The smallest absolute Gasteiger partial charge is 0.229 e. The first-order chi connectivity index (χ1) is 15.8. The van der Waals surface area contributed by atoms with Gasteiger partial charge in [-0.2, -0.15) is 0 Å². The zero-order valence-corrected chi connectivity index (χ0v) is 18.0. The molecule has 0 spiro atoms.